The molecule has 0 aliphatic carbocycles. The van der Waals surface area contributed by atoms with Gasteiger partial charge in [0, 0.05) is 19.6 Å². The number of rotatable bonds is 5. The first kappa shape index (κ1) is 15.6. The number of nitrogens with zero attached hydrogens (tertiary/aromatic N) is 1. The molecule has 0 unspecified atom stereocenters. The van der Waals surface area contributed by atoms with E-state index in [-0.39, 0.29) is 11.6 Å². The highest BCUT2D eigenvalue weighted by atomic mass is 32.1. The Kier molecular flexibility index (Phi) is 5.06. The summed E-state index contributed by atoms with van der Waals surface area (Å²) in [6.07, 6.45) is 3.01. The fourth-order valence-corrected chi connectivity index (χ4v) is 3.54. The maximum atomic E-state index is 12.2. The van der Waals surface area contributed by atoms with Crippen molar-refractivity contribution in [3.8, 4) is 0 Å². The minimum absolute atomic E-state index is 0.224. The van der Waals surface area contributed by atoms with Crippen LogP contribution in [-0.2, 0) is 4.74 Å². The highest BCUT2D eigenvalue weighted by Gasteiger charge is 2.29. The summed E-state index contributed by atoms with van der Waals surface area (Å²) in [5.74, 6) is -0.713. The predicted octanol–water partition coefficient (Wildman–Crippen LogP) is 1.86. The number of nitrogen functional groups attached to an aromatic ring is 1. The van der Waals surface area contributed by atoms with Gasteiger partial charge in [-0.15, -0.1) is 11.3 Å². The van der Waals surface area contributed by atoms with Gasteiger partial charge in [-0.3, -0.25) is 4.79 Å². The zero-order chi connectivity index (χ0) is 15.4. The molecule has 3 N–H and O–H groups in total. The second-order valence-corrected chi connectivity index (χ2v) is 5.97. The Morgan fingerprint density at radius 3 is 2.62 bits per heavy atom. The van der Waals surface area contributed by atoms with Crippen LogP contribution < -0.4 is 16.0 Å². The van der Waals surface area contributed by atoms with E-state index in [1.165, 1.54) is 18.4 Å². The smallest absolute Gasteiger partial charge is 0.343 e. The van der Waals surface area contributed by atoms with Gasteiger partial charge in [-0.05, 0) is 19.3 Å². The Labute approximate surface area is 128 Å². The number of carbonyl (C=O) groups is 2. The van der Waals surface area contributed by atoms with Crippen molar-refractivity contribution in [2.24, 2.45) is 0 Å². The summed E-state index contributed by atoms with van der Waals surface area (Å²) in [4.78, 5) is 26.7. The van der Waals surface area contributed by atoms with Gasteiger partial charge < -0.3 is 20.7 Å². The van der Waals surface area contributed by atoms with Crippen LogP contribution in [-0.4, -0.2) is 38.6 Å². The van der Waals surface area contributed by atoms with Crippen LogP contribution in [0.4, 0.5) is 10.7 Å². The second kappa shape index (κ2) is 6.80. The van der Waals surface area contributed by atoms with Gasteiger partial charge in [0.05, 0.1) is 12.8 Å². The third-order valence-electron chi connectivity index (χ3n) is 3.45. The van der Waals surface area contributed by atoms with Crippen molar-refractivity contribution in [3.05, 3.63) is 10.4 Å². The van der Waals surface area contributed by atoms with E-state index in [0.29, 0.717) is 17.0 Å². The summed E-state index contributed by atoms with van der Waals surface area (Å²) in [5.41, 5.74) is 6.59. The van der Waals surface area contributed by atoms with Gasteiger partial charge in [0.25, 0.3) is 5.91 Å². The van der Waals surface area contributed by atoms with E-state index in [9.17, 15) is 9.59 Å². The van der Waals surface area contributed by atoms with Crippen molar-refractivity contribution in [2.75, 3.05) is 37.4 Å². The number of esters is 1. The van der Waals surface area contributed by atoms with Crippen molar-refractivity contribution >= 4 is 33.9 Å². The number of anilines is 2. The van der Waals surface area contributed by atoms with Gasteiger partial charge in [0.15, 0.2) is 0 Å². The van der Waals surface area contributed by atoms with Crippen molar-refractivity contribution in [2.45, 2.75) is 26.2 Å². The van der Waals surface area contributed by atoms with E-state index in [2.05, 4.69) is 10.2 Å². The number of ether oxygens (including phenoxy) is 1. The molecule has 7 heteroatoms. The second-order valence-electron chi connectivity index (χ2n) is 4.97. The van der Waals surface area contributed by atoms with Crippen LogP contribution in [0.2, 0.25) is 0 Å². The Bertz CT molecular complexity index is 536. The number of amides is 1. The summed E-state index contributed by atoms with van der Waals surface area (Å²) in [7, 11) is 1.32. The minimum atomic E-state index is -0.486. The van der Waals surface area contributed by atoms with Gasteiger partial charge >= 0.3 is 5.97 Å². The van der Waals surface area contributed by atoms with Crippen LogP contribution >= 0.6 is 11.3 Å². The lowest BCUT2D eigenvalue weighted by molar-refractivity contribution is 0.0603. The normalized spacial score (nSPS) is 14.3. The molecule has 0 radical (unpaired) electrons. The molecular weight excluding hydrogens is 290 g/mol. The van der Waals surface area contributed by atoms with E-state index in [1.807, 2.05) is 6.92 Å². The fourth-order valence-electron chi connectivity index (χ4n) is 2.36. The minimum Gasteiger partial charge on any atom is -0.465 e. The third kappa shape index (κ3) is 3.12. The average molecular weight is 311 g/mol. The number of nitrogens with one attached hydrogen (secondary N) is 1. The summed E-state index contributed by atoms with van der Waals surface area (Å²) < 4.78 is 4.82. The molecule has 21 heavy (non-hydrogen) atoms. The number of thiophene rings is 1. The third-order valence-corrected chi connectivity index (χ3v) is 4.72. The van der Waals surface area contributed by atoms with Crippen LogP contribution in [0.25, 0.3) is 0 Å². The van der Waals surface area contributed by atoms with E-state index in [1.54, 1.807) is 0 Å². The maximum Gasteiger partial charge on any atom is 0.343 e. The number of hydrogen-bond donors (Lipinski definition) is 2. The lowest BCUT2D eigenvalue weighted by atomic mass is 10.2. The number of carbonyl (C=O) groups excluding carboxylic acids is 2. The average Bonchev–Trinajstić information content (AvgIpc) is 3.11. The highest BCUT2D eigenvalue weighted by Crippen LogP contribution is 2.40. The SMILES string of the molecule is CCCNC(=O)c1sc(N2CCCC2)c(C(=O)OC)c1N. The van der Waals surface area contributed by atoms with Gasteiger partial charge in [0.1, 0.15) is 15.4 Å². The Hall–Kier alpha value is -1.76. The molecule has 0 spiro atoms. The molecule has 0 atom stereocenters. The summed E-state index contributed by atoms with van der Waals surface area (Å²) in [5, 5.41) is 3.55. The molecule has 116 valence electrons. The molecule has 6 nitrogen and oxygen atoms in total. The molecule has 1 aromatic rings. The van der Waals surface area contributed by atoms with E-state index in [0.717, 1.165) is 37.4 Å². The van der Waals surface area contributed by atoms with Crippen molar-refractivity contribution in [3.63, 3.8) is 0 Å². The molecule has 2 heterocycles. The molecule has 1 saturated heterocycles. The molecule has 2 rings (SSSR count). The number of hydrogen-bond acceptors (Lipinski definition) is 6. The van der Waals surface area contributed by atoms with Gasteiger partial charge in [-0.2, -0.15) is 0 Å². The quantitative estimate of drug-likeness (QED) is 0.811. The standard InChI is InChI=1S/C14H21N3O3S/c1-3-6-16-12(18)11-10(15)9(14(19)20-2)13(21-11)17-7-4-5-8-17/h3-8,15H2,1-2H3,(H,16,18). The largest absolute Gasteiger partial charge is 0.465 e. The fraction of sp³-hybridized carbons (Fsp3) is 0.571. The Morgan fingerprint density at radius 2 is 2.05 bits per heavy atom. The van der Waals surface area contributed by atoms with Crippen LogP contribution in [0.3, 0.4) is 0 Å². The van der Waals surface area contributed by atoms with Crippen molar-refractivity contribution in [1.29, 1.82) is 0 Å². The topological polar surface area (TPSA) is 84.7 Å². The molecule has 1 aromatic heterocycles. The molecule has 1 amide bonds. The number of nitrogens with two attached hydrogens (primary N) is 1. The lowest BCUT2D eigenvalue weighted by Gasteiger charge is -2.16. The van der Waals surface area contributed by atoms with Crippen molar-refractivity contribution < 1.29 is 14.3 Å². The first-order chi connectivity index (χ1) is 10.1. The maximum absolute atomic E-state index is 12.2. The molecule has 1 aliphatic heterocycles. The van der Waals surface area contributed by atoms with E-state index < -0.39 is 5.97 Å². The van der Waals surface area contributed by atoms with Gasteiger partial charge in [-0.1, -0.05) is 6.92 Å². The Balaban J connectivity index is 2.38. The molecule has 0 saturated carbocycles. The van der Waals surface area contributed by atoms with E-state index >= 15 is 0 Å². The first-order valence-electron chi connectivity index (χ1n) is 7.13. The number of methoxy groups -OCH3 is 1. The van der Waals surface area contributed by atoms with Crippen LogP contribution in [0.15, 0.2) is 0 Å². The predicted molar refractivity (Wildman–Crippen MR) is 84.1 cm³/mol. The summed E-state index contributed by atoms with van der Waals surface area (Å²) in [6.45, 7) is 4.32. The molecule has 0 aromatic carbocycles. The molecular formula is C14H21N3O3S. The molecule has 0 bridgehead atoms. The summed E-state index contributed by atoms with van der Waals surface area (Å²) in [6, 6.07) is 0. The molecule has 1 aliphatic rings. The van der Waals surface area contributed by atoms with Gasteiger partial charge in [0.2, 0.25) is 0 Å². The van der Waals surface area contributed by atoms with Crippen LogP contribution in [0, 0.1) is 0 Å². The molecule has 1 fully saturated rings. The highest BCUT2D eigenvalue weighted by molar-refractivity contribution is 7.19. The Morgan fingerprint density at radius 1 is 1.38 bits per heavy atom. The zero-order valence-corrected chi connectivity index (χ0v) is 13.2. The first-order valence-corrected chi connectivity index (χ1v) is 7.95. The monoisotopic (exact) mass is 311 g/mol. The van der Waals surface area contributed by atoms with Crippen LogP contribution in [0.1, 0.15) is 46.2 Å². The zero-order valence-electron chi connectivity index (χ0n) is 12.4. The lowest BCUT2D eigenvalue weighted by Crippen LogP contribution is -2.24. The van der Waals surface area contributed by atoms with E-state index in [4.69, 9.17) is 10.5 Å². The van der Waals surface area contributed by atoms with Crippen molar-refractivity contribution in [1.82, 2.24) is 5.32 Å². The van der Waals surface area contributed by atoms with Crippen LogP contribution in [0.5, 0.6) is 0 Å². The van der Waals surface area contributed by atoms with Gasteiger partial charge in [-0.25, -0.2) is 4.79 Å². The summed E-state index contributed by atoms with van der Waals surface area (Å²) >= 11 is 1.27.